The first-order valence-electron chi connectivity index (χ1n) is 7.00. The number of hydrogen-bond donors (Lipinski definition) is 1. The summed E-state index contributed by atoms with van der Waals surface area (Å²) >= 11 is 0. The number of aromatic nitrogens is 1. The highest BCUT2D eigenvalue weighted by atomic mass is 32.2. The highest BCUT2D eigenvalue weighted by Crippen LogP contribution is 2.32. The van der Waals surface area contributed by atoms with Gasteiger partial charge in [-0.3, -0.25) is 0 Å². The van der Waals surface area contributed by atoms with E-state index < -0.39 is 20.8 Å². The van der Waals surface area contributed by atoms with Gasteiger partial charge in [-0.1, -0.05) is 42.5 Å². The number of fused-ring (bicyclic) bond motifs is 1. The highest BCUT2D eigenvalue weighted by molar-refractivity contribution is 7.89. The molecule has 0 aliphatic heterocycles. The van der Waals surface area contributed by atoms with Gasteiger partial charge in [0.25, 0.3) is 0 Å². The molecule has 0 aliphatic carbocycles. The van der Waals surface area contributed by atoms with Crippen LogP contribution in [0.1, 0.15) is 11.1 Å². The van der Waals surface area contributed by atoms with E-state index in [0.717, 1.165) is 5.56 Å². The number of nitrogens with zero attached hydrogens (tertiary/aromatic N) is 2. The van der Waals surface area contributed by atoms with Crippen molar-refractivity contribution in [3.8, 4) is 0 Å². The van der Waals surface area contributed by atoms with E-state index in [1.165, 1.54) is 6.07 Å². The van der Waals surface area contributed by atoms with Crippen LogP contribution in [0.25, 0.3) is 10.9 Å². The van der Waals surface area contributed by atoms with Gasteiger partial charge in [0, 0.05) is 11.8 Å². The lowest BCUT2D eigenvalue weighted by Crippen LogP contribution is -2.17. The number of primary sulfonamides is 1. The molecule has 0 atom stereocenters. The maximum Gasteiger partial charge on any atom is 0.368 e. The van der Waals surface area contributed by atoms with Crippen LogP contribution in [0.4, 0.5) is 5.82 Å². The summed E-state index contributed by atoms with van der Waals surface area (Å²) < 4.78 is 24.3. The average Bonchev–Trinajstić information content (AvgIpc) is 2.53. The first-order chi connectivity index (χ1) is 11.4. The summed E-state index contributed by atoms with van der Waals surface area (Å²) in [6.07, 6.45) is 0.0424. The monoisotopic (exact) mass is 343 g/mol. The smallest absolute Gasteiger partial charge is 0.358 e. The molecule has 0 amide bonds. The first-order valence-corrected chi connectivity index (χ1v) is 8.55. The summed E-state index contributed by atoms with van der Waals surface area (Å²) in [6.45, 7) is 0. The molecule has 8 heteroatoms. The largest absolute Gasteiger partial charge is 0.368 e. The lowest BCUT2D eigenvalue weighted by Gasteiger charge is -2.10. The van der Waals surface area contributed by atoms with Crippen LogP contribution in [0.3, 0.4) is 0 Å². The van der Waals surface area contributed by atoms with Crippen molar-refractivity contribution in [3.63, 3.8) is 0 Å². The molecule has 122 valence electrons. The maximum atomic E-state index is 12.2. The number of sulfonamides is 1. The fourth-order valence-electron chi connectivity index (χ4n) is 2.64. The average molecular weight is 343 g/mol. The minimum absolute atomic E-state index is 0.00704. The number of pyridine rings is 1. The highest BCUT2D eigenvalue weighted by Gasteiger charge is 2.29. The molecule has 7 nitrogen and oxygen atoms in total. The van der Waals surface area contributed by atoms with E-state index in [2.05, 4.69) is 4.98 Å². The van der Waals surface area contributed by atoms with E-state index >= 15 is 0 Å². The summed E-state index contributed by atoms with van der Waals surface area (Å²) in [7, 11) is -4.18. The Bertz CT molecular complexity index is 1030. The van der Waals surface area contributed by atoms with Crippen molar-refractivity contribution in [2.24, 2.45) is 5.14 Å². The summed E-state index contributed by atoms with van der Waals surface area (Å²) in [5, 5.41) is 17.1. The molecule has 1 heterocycles. The van der Waals surface area contributed by atoms with Gasteiger partial charge in [0.05, 0.1) is 5.56 Å². The zero-order chi connectivity index (χ0) is 17.3. The van der Waals surface area contributed by atoms with Gasteiger partial charge in [0.2, 0.25) is 10.0 Å². The molecule has 2 aromatic carbocycles. The molecule has 24 heavy (non-hydrogen) atoms. The number of benzene rings is 2. The normalized spacial score (nSPS) is 11.5. The summed E-state index contributed by atoms with van der Waals surface area (Å²) in [5.74, 6) is -0.499. The topological polar surface area (TPSA) is 116 Å². The van der Waals surface area contributed by atoms with E-state index in [1.807, 2.05) is 0 Å². The third kappa shape index (κ3) is 2.97. The van der Waals surface area contributed by atoms with E-state index in [1.54, 1.807) is 48.5 Å². The minimum atomic E-state index is -4.18. The Hall–Kier alpha value is -2.84. The maximum absolute atomic E-state index is 12.2. The van der Waals surface area contributed by atoms with Gasteiger partial charge in [0.15, 0.2) is 5.52 Å². The van der Waals surface area contributed by atoms with Crippen molar-refractivity contribution in [3.05, 3.63) is 75.8 Å². The van der Waals surface area contributed by atoms with Crippen molar-refractivity contribution < 1.29 is 13.3 Å². The molecule has 0 bridgehead atoms. The molecule has 2 N–H and O–H groups in total. The lowest BCUT2D eigenvalue weighted by atomic mass is 10.0. The Morgan fingerprint density at radius 1 is 1.04 bits per heavy atom. The van der Waals surface area contributed by atoms with Gasteiger partial charge in [-0.25, -0.2) is 13.6 Å². The van der Waals surface area contributed by atoms with Crippen LogP contribution in [0.2, 0.25) is 0 Å². The number of para-hydroxylation sites is 1. The van der Waals surface area contributed by atoms with E-state index in [9.17, 15) is 18.5 Å². The Morgan fingerprint density at radius 2 is 1.67 bits per heavy atom. The molecule has 0 aliphatic rings. The molecular formula is C16H13N3O4S. The van der Waals surface area contributed by atoms with Crippen LogP contribution < -0.4 is 5.14 Å². The number of rotatable bonds is 4. The van der Waals surface area contributed by atoms with Crippen molar-refractivity contribution in [2.75, 3.05) is 0 Å². The van der Waals surface area contributed by atoms with Gasteiger partial charge in [-0.2, -0.15) is 0 Å². The second kappa shape index (κ2) is 5.99. The molecule has 0 saturated carbocycles. The fraction of sp³-hybridized carbons (Fsp3) is 0.0625. The molecule has 0 spiro atoms. The van der Waals surface area contributed by atoms with E-state index in [-0.39, 0.29) is 27.8 Å². The molecule has 3 rings (SSSR count). The van der Waals surface area contributed by atoms with E-state index in [0.29, 0.717) is 0 Å². The third-order valence-corrected chi connectivity index (χ3v) is 4.64. The van der Waals surface area contributed by atoms with Crippen LogP contribution in [-0.2, 0) is 16.4 Å². The standard InChI is InChI=1S/C16H13N3O4S/c17-24(22,23)15-12-8-4-5-9-14(12)18-16(19(20)21)13(15)10-11-6-2-1-3-7-11/h1-9H,10H2,(H2,17,22,23). The molecule has 0 radical (unpaired) electrons. The van der Waals surface area contributed by atoms with Crippen molar-refractivity contribution in [1.82, 2.24) is 4.98 Å². The van der Waals surface area contributed by atoms with Crippen LogP contribution in [-0.4, -0.2) is 18.3 Å². The first kappa shape index (κ1) is 16.0. The fourth-order valence-corrected chi connectivity index (χ4v) is 3.63. The summed E-state index contributed by atoms with van der Waals surface area (Å²) in [4.78, 5) is 14.5. The van der Waals surface area contributed by atoms with Gasteiger partial charge in [-0.15, -0.1) is 0 Å². The number of hydrogen-bond acceptors (Lipinski definition) is 5. The second-order valence-electron chi connectivity index (χ2n) is 5.22. The Kier molecular flexibility index (Phi) is 4.00. The molecule has 0 fully saturated rings. The van der Waals surface area contributed by atoms with Gasteiger partial charge >= 0.3 is 5.82 Å². The third-order valence-electron chi connectivity index (χ3n) is 3.60. The molecule has 0 unspecified atom stereocenters. The summed E-state index contributed by atoms with van der Waals surface area (Å²) in [6, 6.07) is 15.2. The minimum Gasteiger partial charge on any atom is -0.358 e. The van der Waals surface area contributed by atoms with E-state index in [4.69, 9.17) is 5.14 Å². The molecular weight excluding hydrogens is 330 g/mol. The van der Waals surface area contributed by atoms with Gasteiger partial charge < -0.3 is 10.1 Å². The zero-order valence-corrected chi connectivity index (χ0v) is 13.2. The number of nitrogens with two attached hydrogens (primary N) is 1. The number of nitro groups is 1. The van der Waals surface area contributed by atoms with Crippen LogP contribution in [0.15, 0.2) is 59.5 Å². The Labute approximate surface area is 138 Å². The second-order valence-corrected chi connectivity index (χ2v) is 6.72. The quantitative estimate of drug-likeness (QED) is 0.576. The Balaban J connectivity index is 2.40. The van der Waals surface area contributed by atoms with Crippen LogP contribution in [0.5, 0.6) is 0 Å². The summed E-state index contributed by atoms with van der Waals surface area (Å²) in [5.41, 5.74) is 0.931. The van der Waals surface area contributed by atoms with Crippen molar-refractivity contribution in [1.29, 1.82) is 0 Å². The predicted molar refractivity (Wildman–Crippen MR) is 89.0 cm³/mol. The van der Waals surface area contributed by atoms with Crippen molar-refractivity contribution in [2.45, 2.75) is 11.3 Å². The lowest BCUT2D eigenvalue weighted by molar-refractivity contribution is -0.390. The Morgan fingerprint density at radius 3 is 2.29 bits per heavy atom. The molecule has 0 saturated heterocycles. The zero-order valence-electron chi connectivity index (χ0n) is 12.4. The van der Waals surface area contributed by atoms with Crippen molar-refractivity contribution >= 4 is 26.7 Å². The van der Waals surface area contributed by atoms with Gasteiger partial charge in [-0.05, 0) is 27.6 Å². The van der Waals surface area contributed by atoms with Crippen LogP contribution in [0, 0.1) is 10.1 Å². The molecule has 3 aromatic rings. The van der Waals surface area contributed by atoms with Gasteiger partial charge in [0.1, 0.15) is 4.90 Å². The SMILES string of the molecule is NS(=O)(=O)c1c(Cc2ccccc2)c([N+](=O)[O-])nc2ccccc12. The van der Waals surface area contributed by atoms with Crippen LogP contribution >= 0.6 is 0 Å². The predicted octanol–water partition coefficient (Wildman–Crippen LogP) is 2.38. The molecule has 1 aromatic heterocycles.